The van der Waals surface area contributed by atoms with E-state index in [1.165, 1.54) is 0 Å². The molecule has 9 heteroatoms. The summed E-state index contributed by atoms with van der Waals surface area (Å²) in [5.41, 5.74) is -0.393. The van der Waals surface area contributed by atoms with Gasteiger partial charge in [0.15, 0.2) is 17.5 Å². The average molecular weight is 359 g/mol. The molecule has 0 aromatic heterocycles. The van der Waals surface area contributed by atoms with E-state index in [0.717, 1.165) is 12.1 Å². The maximum Gasteiger partial charge on any atom is 0.409 e. The Kier molecular flexibility index (Phi) is 6.63. The van der Waals surface area contributed by atoms with Crippen LogP contribution in [0.15, 0.2) is 12.1 Å². The molecule has 0 spiro atoms. The Balaban J connectivity index is 1.76. The smallest absolute Gasteiger partial charge is 0.409 e. The first-order valence-corrected chi connectivity index (χ1v) is 7.99. The summed E-state index contributed by atoms with van der Waals surface area (Å²) in [7, 11) is 0. The minimum absolute atomic E-state index is 0.0673. The van der Waals surface area contributed by atoms with Gasteiger partial charge >= 0.3 is 6.09 Å². The predicted molar refractivity (Wildman–Crippen MR) is 84.6 cm³/mol. The van der Waals surface area contributed by atoms with Crippen molar-refractivity contribution in [3.8, 4) is 0 Å². The molecule has 1 aromatic rings. The molecule has 0 unspecified atom stereocenters. The Morgan fingerprint density at radius 3 is 2.44 bits per heavy atom. The van der Waals surface area contributed by atoms with Gasteiger partial charge in [0.2, 0.25) is 5.91 Å². The molecule has 1 heterocycles. The fourth-order valence-corrected chi connectivity index (χ4v) is 2.46. The van der Waals surface area contributed by atoms with Gasteiger partial charge in [-0.05, 0) is 19.1 Å². The van der Waals surface area contributed by atoms with Gasteiger partial charge in [-0.1, -0.05) is 0 Å². The van der Waals surface area contributed by atoms with E-state index in [0.29, 0.717) is 39.3 Å². The molecule has 0 atom stereocenters. The molecule has 25 heavy (non-hydrogen) atoms. The zero-order valence-corrected chi connectivity index (χ0v) is 13.9. The molecule has 0 radical (unpaired) electrons. The zero-order valence-electron chi connectivity index (χ0n) is 13.9. The molecule has 0 aliphatic carbocycles. The standard InChI is InChI=1S/C16H20F3N3O3/c1-2-25-16(24)22-9-7-21(8-10-22)6-5-13(23)20-12-4-3-11(17)14(18)15(12)19/h3-4H,2,5-10H2,1H3,(H,20,23). The van der Waals surface area contributed by atoms with E-state index in [-0.39, 0.29) is 12.5 Å². The van der Waals surface area contributed by atoms with Gasteiger partial charge in [-0.2, -0.15) is 0 Å². The summed E-state index contributed by atoms with van der Waals surface area (Å²) in [6.07, 6.45) is -0.286. The van der Waals surface area contributed by atoms with Crippen LogP contribution in [0.1, 0.15) is 13.3 Å². The number of hydrogen-bond acceptors (Lipinski definition) is 4. The van der Waals surface area contributed by atoms with Crippen LogP contribution in [0.25, 0.3) is 0 Å². The Labute approximate surface area is 143 Å². The van der Waals surface area contributed by atoms with E-state index in [1.54, 1.807) is 11.8 Å². The van der Waals surface area contributed by atoms with Gasteiger partial charge in [0.25, 0.3) is 0 Å². The summed E-state index contributed by atoms with van der Waals surface area (Å²) in [6, 6.07) is 1.73. The van der Waals surface area contributed by atoms with E-state index >= 15 is 0 Å². The largest absolute Gasteiger partial charge is 0.450 e. The van der Waals surface area contributed by atoms with Crippen molar-refractivity contribution in [3.63, 3.8) is 0 Å². The number of nitrogens with one attached hydrogen (secondary N) is 1. The van der Waals surface area contributed by atoms with E-state index in [9.17, 15) is 22.8 Å². The highest BCUT2D eigenvalue weighted by Crippen LogP contribution is 2.19. The van der Waals surface area contributed by atoms with Gasteiger partial charge in [-0.15, -0.1) is 0 Å². The fourth-order valence-electron chi connectivity index (χ4n) is 2.46. The first kappa shape index (κ1) is 19.0. The van der Waals surface area contributed by atoms with Gasteiger partial charge in [0.05, 0.1) is 12.3 Å². The topological polar surface area (TPSA) is 61.9 Å². The van der Waals surface area contributed by atoms with Crippen molar-refractivity contribution in [1.82, 2.24) is 9.80 Å². The van der Waals surface area contributed by atoms with Gasteiger partial charge in [0.1, 0.15) is 0 Å². The lowest BCUT2D eigenvalue weighted by Gasteiger charge is -2.33. The Bertz CT molecular complexity index is 635. The third-order valence-electron chi connectivity index (χ3n) is 3.86. The van der Waals surface area contributed by atoms with Crippen LogP contribution in [0, 0.1) is 17.5 Å². The van der Waals surface area contributed by atoms with Gasteiger partial charge in [-0.3, -0.25) is 9.69 Å². The van der Waals surface area contributed by atoms with E-state index < -0.39 is 29.0 Å². The highest BCUT2D eigenvalue weighted by Gasteiger charge is 2.22. The number of amides is 2. The number of carbonyl (C=O) groups excluding carboxylic acids is 2. The molecule has 1 aliphatic rings. The van der Waals surface area contributed by atoms with Crippen LogP contribution >= 0.6 is 0 Å². The summed E-state index contributed by atoms with van der Waals surface area (Å²) < 4.78 is 44.4. The minimum atomic E-state index is -1.62. The van der Waals surface area contributed by atoms with Gasteiger partial charge < -0.3 is 15.0 Å². The quantitative estimate of drug-likeness (QED) is 0.819. The minimum Gasteiger partial charge on any atom is -0.450 e. The number of carbonyl (C=O) groups is 2. The predicted octanol–water partition coefficient (Wildman–Crippen LogP) is 2.21. The van der Waals surface area contributed by atoms with Crippen molar-refractivity contribution in [2.45, 2.75) is 13.3 Å². The normalized spacial score (nSPS) is 15.1. The fraction of sp³-hybridized carbons (Fsp3) is 0.500. The summed E-state index contributed by atoms with van der Waals surface area (Å²) in [5, 5.41) is 2.23. The second kappa shape index (κ2) is 8.70. The van der Waals surface area contributed by atoms with Crippen LogP contribution in [0.2, 0.25) is 0 Å². The number of anilines is 1. The average Bonchev–Trinajstić information content (AvgIpc) is 2.61. The molecule has 0 bridgehead atoms. The summed E-state index contributed by atoms with van der Waals surface area (Å²) in [6.45, 7) is 4.64. The number of hydrogen-bond donors (Lipinski definition) is 1. The molecule has 1 aliphatic heterocycles. The molecular formula is C16H20F3N3O3. The lowest BCUT2D eigenvalue weighted by Crippen LogP contribution is -2.49. The van der Waals surface area contributed by atoms with Crippen LogP contribution in [0.4, 0.5) is 23.7 Å². The third-order valence-corrected chi connectivity index (χ3v) is 3.86. The van der Waals surface area contributed by atoms with Crippen LogP contribution in [-0.4, -0.2) is 61.1 Å². The highest BCUT2D eigenvalue weighted by molar-refractivity contribution is 5.90. The Morgan fingerprint density at radius 2 is 1.80 bits per heavy atom. The Hall–Kier alpha value is -2.29. The van der Waals surface area contributed by atoms with E-state index in [2.05, 4.69) is 5.32 Å². The second-order valence-corrected chi connectivity index (χ2v) is 5.55. The highest BCUT2D eigenvalue weighted by atomic mass is 19.2. The first-order chi connectivity index (χ1) is 11.9. The summed E-state index contributed by atoms with van der Waals surface area (Å²) in [5.74, 6) is -4.85. The van der Waals surface area contributed by atoms with Crippen molar-refractivity contribution in [3.05, 3.63) is 29.6 Å². The monoisotopic (exact) mass is 359 g/mol. The van der Waals surface area contributed by atoms with E-state index in [1.807, 2.05) is 4.90 Å². The molecule has 0 saturated carbocycles. The van der Waals surface area contributed by atoms with Crippen molar-refractivity contribution in [2.75, 3.05) is 44.6 Å². The molecule has 1 saturated heterocycles. The number of benzene rings is 1. The molecule has 2 amide bonds. The van der Waals surface area contributed by atoms with Crippen LogP contribution in [0.5, 0.6) is 0 Å². The summed E-state index contributed by atoms with van der Waals surface area (Å²) in [4.78, 5) is 27.0. The number of piperazine rings is 1. The number of rotatable bonds is 5. The van der Waals surface area contributed by atoms with Crippen LogP contribution < -0.4 is 5.32 Å². The molecule has 138 valence electrons. The maximum absolute atomic E-state index is 13.5. The molecule has 2 rings (SSSR count). The molecule has 1 aromatic carbocycles. The number of ether oxygens (including phenoxy) is 1. The Morgan fingerprint density at radius 1 is 1.12 bits per heavy atom. The van der Waals surface area contributed by atoms with Gasteiger partial charge in [-0.25, -0.2) is 18.0 Å². The second-order valence-electron chi connectivity index (χ2n) is 5.55. The lowest BCUT2D eigenvalue weighted by molar-refractivity contribution is -0.116. The van der Waals surface area contributed by atoms with Crippen molar-refractivity contribution < 1.29 is 27.5 Å². The summed E-state index contributed by atoms with van der Waals surface area (Å²) >= 11 is 0. The molecular weight excluding hydrogens is 339 g/mol. The molecule has 1 fully saturated rings. The molecule has 6 nitrogen and oxygen atoms in total. The SMILES string of the molecule is CCOC(=O)N1CCN(CCC(=O)Nc2ccc(F)c(F)c2F)CC1. The van der Waals surface area contributed by atoms with Crippen LogP contribution in [-0.2, 0) is 9.53 Å². The number of halogens is 3. The maximum atomic E-state index is 13.5. The third kappa shape index (κ3) is 5.09. The van der Waals surface area contributed by atoms with Gasteiger partial charge in [0, 0.05) is 39.1 Å². The van der Waals surface area contributed by atoms with Crippen molar-refractivity contribution in [1.29, 1.82) is 0 Å². The lowest BCUT2D eigenvalue weighted by atomic mass is 10.2. The first-order valence-electron chi connectivity index (χ1n) is 7.99. The number of nitrogens with zero attached hydrogens (tertiary/aromatic N) is 2. The van der Waals surface area contributed by atoms with Crippen LogP contribution in [0.3, 0.4) is 0 Å². The molecule has 1 N–H and O–H groups in total. The van der Waals surface area contributed by atoms with Crippen molar-refractivity contribution >= 4 is 17.7 Å². The zero-order chi connectivity index (χ0) is 18.4. The van der Waals surface area contributed by atoms with Crippen molar-refractivity contribution in [2.24, 2.45) is 0 Å². The van der Waals surface area contributed by atoms with E-state index in [4.69, 9.17) is 4.74 Å².